The molecule has 18 heavy (non-hydrogen) atoms. The lowest BCUT2D eigenvalue weighted by Crippen LogP contribution is -2.44. The van der Waals surface area contributed by atoms with E-state index in [-0.39, 0.29) is 44.7 Å². The Morgan fingerprint density at radius 1 is 1.17 bits per heavy atom. The van der Waals surface area contributed by atoms with Crippen LogP contribution in [0.2, 0.25) is 0 Å². The molecular formula is C12H22N2O4. The van der Waals surface area contributed by atoms with E-state index in [1.807, 2.05) is 0 Å². The topological polar surface area (TPSA) is 81.1 Å². The van der Waals surface area contributed by atoms with Crippen LogP contribution in [0.15, 0.2) is 0 Å². The minimum absolute atomic E-state index is 0.0220. The Balaban J connectivity index is 2.51. The van der Waals surface area contributed by atoms with Crippen LogP contribution in [0.25, 0.3) is 0 Å². The average Bonchev–Trinajstić information content (AvgIpc) is 2.55. The van der Waals surface area contributed by atoms with Crippen molar-refractivity contribution in [1.82, 2.24) is 9.80 Å². The van der Waals surface area contributed by atoms with Gasteiger partial charge in [0.2, 0.25) is 11.8 Å². The lowest BCUT2D eigenvalue weighted by molar-refractivity contribution is -0.140. The highest BCUT2D eigenvalue weighted by molar-refractivity contribution is 5.85. The lowest BCUT2D eigenvalue weighted by atomic mass is 10.2. The van der Waals surface area contributed by atoms with Crippen molar-refractivity contribution < 1.29 is 19.8 Å². The van der Waals surface area contributed by atoms with Crippen LogP contribution in [0.5, 0.6) is 0 Å². The first kappa shape index (κ1) is 14.9. The van der Waals surface area contributed by atoms with E-state index in [4.69, 9.17) is 10.2 Å². The van der Waals surface area contributed by atoms with Crippen LogP contribution >= 0.6 is 0 Å². The van der Waals surface area contributed by atoms with Crippen LogP contribution in [0.3, 0.4) is 0 Å². The van der Waals surface area contributed by atoms with Crippen molar-refractivity contribution in [3.8, 4) is 0 Å². The molecule has 1 aliphatic rings. The molecule has 1 aliphatic heterocycles. The van der Waals surface area contributed by atoms with Crippen molar-refractivity contribution in [3.05, 3.63) is 0 Å². The zero-order valence-corrected chi connectivity index (χ0v) is 10.7. The largest absolute Gasteiger partial charge is 0.395 e. The fraction of sp³-hybridized carbons (Fsp3) is 0.833. The van der Waals surface area contributed by atoms with E-state index in [0.717, 1.165) is 19.3 Å². The molecule has 6 heteroatoms. The standard InChI is InChI=1S/C12H22N2O4/c15-8-6-13(7-9-16)12(18)10-14-5-3-1-2-4-11(14)17/h15-16H,1-10H2. The van der Waals surface area contributed by atoms with Gasteiger partial charge in [0.05, 0.1) is 19.8 Å². The van der Waals surface area contributed by atoms with Gasteiger partial charge in [-0.3, -0.25) is 9.59 Å². The van der Waals surface area contributed by atoms with Crippen LogP contribution in [-0.2, 0) is 9.59 Å². The van der Waals surface area contributed by atoms with Gasteiger partial charge < -0.3 is 20.0 Å². The molecule has 6 nitrogen and oxygen atoms in total. The third-order valence-electron chi connectivity index (χ3n) is 3.09. The molecule has 0 aliphatic carbocycles. The van der Waals surface area contributed by atoms with Gasteiger partial charge in [-0.05, 0) is 12.8 Å². The highest BCUT2D eigenvalue weighted by Gasteiger charge is 2.21. The van der Waals surface area contributed by atoms with E-state index in [1.165, 1.54) is 4.90 Å². The molecule has 0 aromatic carbocycles. The van der Waals surface area contributed by atoms with Crippen LogP contribution in [-0.4, -0.2) is 71.2 Å². The third-order valence-corrected chi connectivity index (χ3v) is 3.09. The molecule has 0 aromatic rings. The van der Waals surface area contributed by atoms with E-state index >= 15 is 0 Å². The molecule has 1 rings (SSSR count). The molecule has 2 N–H and O–H groups in total. The molecule has 1 saturated heterocycles. The molecule has 2 amide bonds. The van der Waals surface area contributed by atoms with Crippen molar-refractivity contribution in [2.24, 2.45) is 0 Å². The third kappa shape index (κ3) is 4.62. The Hall–Kier alpha value is -1.14. The molecule has 0 atom stereocenters. The Morgan fingerprint density at radius 2 is 1.83 bits per heavy atom. The summed E-state index contributed by atoms with van der Waals surface area (Å²) in [4.78, 5) is 26.7. The van der Waals surface area contributed by atoms with Gasteiger partial charge in [0.25, 0.3) is 0 Å². The number of carbonyl (C=O) groups excluding carboxylic acids is 2. The summed E-state index contributed by atoms with van der Waals surface area (Å²) in [5.41, 5.74) is 0. The Labute approximate surface area is 107 Å². The molecule has 0 unspecified atom stereocenters. The lowest BCUT2D eigenvalue weighted by Gasteiger charge is -2.25. The van der Waals surface area contributed by atoms with Gasteiger partial charge in [0.1, 0.15) is 0 Å². The number of amides is 2. The maximum Gasteiger partial charge on any atom is 0.242 e. The van der Waals surface area contributed by atoms with Gasteiger partial charge in [-0.15, -0.1) is 0 Å². The fourth-order valence-electron chi connectivity index (χ4n) is 2.07. The highest BCUT2D eigenvalue weighted by atomic mass is 16.3. The van der Waals surface area contributed by atoms with E-state index < -0.39 is 0 Å². The zero-order chi connectivity index (χ0) is 13.4. The van der Waals surface area contributed by atoms with Gasteiger partial charge in [0.15, 0.2) is 0 Å². The summed E-state index contributed by atoms with van der Waals surface area (Å²) in [5, 5.41) is 17.7. The smallest absolute Gasteiger partial charge is 0.242 e. The van der Waals surface area contributed by atoms with E-state index in [1.54, 1.807) is 4.90 Å². The Bertz CT molecular complexity index is 277. The molecular weight excluding hydrogens is 236 g/mol. The SMILES string of the molecule is O=C(CN1CCCCCC1=O)N(CCO)CCO. The second-order valence-electron chi connectivity index (χ2n) is 4.45. The molecule has 0 saturated carbocycles. The summed E-state index contributed by atoms with van der Waals surface area (Å²) in [6, 6.07) is 0. The molecule has 0 radical (unpaired) electrons. The highest BCUT2D eigenvalue weighted by Crippen LogP contribution is 2.11. The van der Waals surface area contributed by atoms with Crippen LogP contribution in [0.4, 0.5) is 0 Å². The minimum atomic E-state index is -0.214. The first-order valence-electron chi connectivity index (χ1n) is 6.46. The van der Waals surface area contributed by atoms with Crippen molar-refractivity contribution in [3.63, 3.8) is 0 Å². The van der Waals surface area contributed by atoms with E-state index in [2.05, 4.69) is 0 Å². The van der Waals surface area contributed by atoms with Gasteiger partial charge >= 0.3 is 0 Å². The number of aliphatic hydroxyl groups is 2. The predicted molar refractivity (Wildman–Crippen MR) is 65.8 cm³/mol. The summed E-state index contributed by atoms with van der Waals surface area (Å²) in [6.07, 6.45) is 3.35. The summed E-state index contributed by atoms with van der Waals surface area (Å²) < 4.78 is 0. The van der Waals surface area contributed by atoms with Crippen molar-refractivity contribution in [1.29, 1.82) is 0 Å². The van der Waals surface area contributed by atoms with E-state index in [9.17, 15) is 9.59 Å². The minimum Gasteiger partial charge on any atom is -0.395 e. The normalized spacial score (nSPS) is 16.6. The van der Waals surface area contributed by atoms with Gasteiger partial charge in [-0.1, -0.05) is 6.42 Å². The molecule has 0 spiro atoms. The predicted octanol–water partition coefficient (Wildman–Crippen LogP) is -0.798. The number of rotatable bonds is 6. The summed E-state index contributed by atoms with van der Waals surface area (Å²) in [5.74, 6) is -0.192. The zero-order valence-electron chi connectivity index (χ0n) is 10.7. The monoisotopic (exact) mass is 258 g/mol. The van der Waals surface area contributed by atoms with Gasteiger partial charge in [0, 0.05) is 26.1 Å². The maximum absolute atomic E-state index is 12.0. The van der Waals surface area contributed by atoms with Crippen molar-refractivity contribution in [2.45, 2.75) is 25.7 Å². The van der Waals surface area contributed by atoms with Crippen LogP contribution < -0.4 is 0 Å². The number of hydrogen-bond donors (Lipinski definition) is 2. The Morgan fingerprint density at radius 3 is 2.44 bits per heavy atom. The van der Waals surface area contributed by atoms with Crippen LogP contribution in [0.1, 0.15) is 25.7 Å². The fourth-order valence-corrected chi connectivity index (χ4v) is 2.07. The number of hydrogen-bond acceptors (Lipinski definition) is 4. The molecule has 0 aromatic heterocycles. The average molecular weight is 258 g/mol. The number of likely N-dealkylation sites (tertiary alicyclic amines) is 1. The van der Waals surface area contributed by atoms with Crippen LogP contribution in [0, 0.1) is 0 Å². The second-order valence-corrected chi connectivity index (χ2v) is 4.45. The molecule has 104 valence electrons. The number of nitrogens with zero attached hydrogens (tertiary/aromatic N) is 2. The second kappa shape index (κ2) is 8.05. The van der Waals surface area contributed by atoms with Gasteiger partial charge in [-0.25, -0.2) is 0 Å². The van der Waals surface area contributed by atoms with Gasteiger partial charge in [-0.2, -0.15) is 0 Å². The summed E-state index contributed by atoms with van der Waals surface area (Å²) in [6.45, 7) is 0.789. The molecule has 0 bridgehead atoms. The summed E-state index contributed by atoms with van der Waals surface area (Å²) >= 11 is 0. The van der Waals surface area contributed by atoms with Crippen molar-refractivity contribution >= 4 is 11.8 Å². The number of aliphatic hydroxyl groups excluding tert-OH is 2. The maximum atomic E-state index is 12.0. The van der Waals surface area contributed by atoms with Crippen molar-refractivity contribution in [2.75, 3.05) is 39.4 Å². The Kier molecular flexibility index (Phi) is 6.67. The molecule has 1 fully saturated rings. The quantitative estimate of drug-likeness (QED) is 0.654. The van der Waals surface area contributed by atoms with E-state index in [0.29, 0.717) is 13.0 Å². The first-order valence-corrected chi connectivity index (χ1v) is 6.46. The molecule has 1 heterocycles. The number of carbonyl (C=O) groups is 2. The first-order chi connectivity index (χ1) is 8.69. The summed E-state index contributed by atoms with van der Waals surface area (Å²) in [7, 11) is 0.